The summed E-state index contributed by atoms with van der Waals surface area (Å²) in [5.41, 5.74) is 0. The second-order valence-electron chi connectivity index (χ2n) is 5.35. The number of likely N-dealkylation sites (tertiary alicyclic amines) is 1. The number of nitriles is 1. The highest BCUT2D eigenvalue weighted by molar-refractivity contribution is 5.76. The van der Waals surface area contributed by atoms with Crippen molar-refractivity contribution in [3.05, 3.63) is 0 Å². The molecule has 19 heavy (non-hydrogen) atoms. The topological polar surface area (TPSA) is 93.4 Å². The molecule has 0 aromatic rings. The van der Waals surface area contributed by atoms with E-state index in [4.69, 9.17) is 10.4 Å². The maximum absolute atomic E-state index is 12.1. The van der Waals surface area contributed by atoms with Crippen molar-refractivity contribution in [2.75, 3.05) is 13.1 Å². The molecule has 0 bridgehead atoms. The van der Waals surface area contributed by atoms with Gasteiger partial charge in [0.25, 0.3) is 0 Å². The normalized spacial score (nSPS) is 30.7. The SMILES string of the molecule is N#CC1CCCC1NC(=O)N1CCCC(C(=O)O)C1. The van der Waals surface area contributed by atoms with E-state index in [-0.39, 0.29) is 24.5 Å². The number of carbonyl (C=O) groups is 2. The molecule has 1 saturated heterocycles. The van der Waals surface area contributed by atoms with Crippen LogP contribution in [-0.2, 0) is 4.79 Å². The molecule has 2 rings (SSSR count). The van der Waals surface area contributed by atoms with Gasteiger partial charge in [0.1, 0.15) is 0 Å². The Morgan fingerprint density at radius 2 is 2.05 bits per heavy atom. The molecule has 2 aliphatic rings. The third kappa shape index (κ3) is 3.16. The Hall–Kier alpha value is -1.77. The molecule has 3 unspecified atom stereocenters. The van der Waals surface area contributed by atoms with Crippen molar-refractivity contribution in [1.29, 1.82) is 5.26 Å². The van der Waals surface area contributed by atoms with E-state index in [1.165, 1.54) is 0 Å². The van der Waals surface area contributed by atoms with Crippen LogP contribution < -0.4 is 5.32 Å². The highest BCUT2D eigenvalue weighted by atomic mass is 16.4. The van der Waals surface area contributed by atoms with Gasteiger partial charge in [-0.3, -0.25) is 4.79 Å². The average Bonchev–Trinajstić information content (AvgIpc) is 2.86. The van der Waals surface area contributed by atoms with Gasteiger partial charge in [0.05, 0.1) is 17.9 Å². The van der Waals surface area contributed by atoms with Crippen LogP contribution in [0.15, 0.2) is 0 Å². The van der Waals surface area contributed by atoms with Crippen molar-refractivity contribution in [2.24, 2.45) is 11.8 Å². The van der Waals surface area contributed by atoms with E-state index in [0.29, 0.717) is 13.0 Å². The highest BCUT2D eigenvalue weighted by Crippen LogP contribution is 2.25. The van der Waals surface area contributed by atoms with Crippen LogP contribution in [0.3, 0.4) is 0 Å². The summed E-state index contributed by atoms with van der Waals surface area (Å²) >= 11 is 0. The molecule has 0 aromatic carbocycles. The second-order valence-corrected chi connectivity index (χ2v) is 5.35. The Labute approximate surface area is 112 Å². The third-order valence-electron chi connectivity index (χ3n) is 4.05. The largest absolute Gasteiger partial charge is 0.481 e. The second kappa shape index (κ2) is 5.91. The summed E-state index contributed by atoms with van der Waals surface area (Å²) in [6, 6.07) is 1.92. The molecule has 0 aromatic heterocycles. The summed E-state index contributed by atoms with van der Waals surface area (Å²) in [4.78, 5) is 24.6. The number of aliphatic carboxylic acids is 1. The first-order valence-electron chi connectivity index (χ1n) is 6.79. The number of hydrogen-bond acceptors (Lipinski definition) is 3. The molecule has 6 heteroatoms. The highest BCUT2D eigenvalue weighted by Gasteiger charge is 2.32. The Balaban J connectivity index is 1.89. The number of hydrogen-bond donors (Lipinski definition) is 2. The molecular weight excluding hydrogens is 246 g/mol. The van der Waals surface area contributed by atoms with Crippen LogP contribution in [-0.4, -0.2) is 41.1 Å². The van der Waals surface area contributed by atoms with E-state index in [1.54, 1.807) is 4.90 Å². The summed E-state index contributed by atoms with van der Waals surface area (Å²) in [5.74, 6) is -1.41. The lowest BCUT2D eigenvalue weighted by atomic mass is 9.98. The number of nitrogens with zero attached hydrogens (tertiary/aromatic N) is 2. The molecule has 1 aliphatic heterocycles. The first kappa shape index (κ1) is 13.7. The lowest BCUT2D eigenvalue weighted by Gasteiger charge is -2.32. The maximum Gasteiger partial charge on any atom is 0.317 e. The van der Waals surface area contributed by atoms with Crippen molar-refractivity contribution >= 4 is 12.0 Å². The number of amides is 2. The van der Waals surface area contributed by atoms with E-state index < -0.39 is 11.9 Å². The molecule has 104 valence electrons. The van der Waals surface area contributed by atoms with Gasteiger partial charge < -0.3 is 15.3 Å². The summed E-state index contributed by atoms with van der Waals surface area (Å²) in [5, 5.41) is 20.9. The predicted octanol–water partition coefficient (Wildman–Crippen LogP) is 1.18. The van der Waals surface area contributed by atoms with Crippen molar-refractivity contribution in [3.63, 3.8) is 0 Å². The molecule has 1 saturated carbocycles. The number of nitrogens with one attached hydrogen (secondary N) is 1. The van der Waals surface area contributed by atoms with Crippen LogP contribution in [0, 0.1) is 23.2 Å². The van der Waals surface area contributed by atoms with Crippen LogP contribution in [0.4, 0.5) is 4.79 Å². The predicted molar refractivity (Wildman–Crippen MR) is 67.2 cm³/mol. The number of urea groups is 1. The summed E-state index contributed by atoms with van der Waals surface area (Å²) < 4.78 is 0. The van der Waals surface area contributed by atoms with Crippen molar-refractivity contribution in [2.45, 2.75) is 38.1 Å². The minimum Gasteiger partial charge on any atom is -0.481 e. The van der Waals surface area contributed by atoms with Crippen molar-refractivity contribution < 1.29 is 14.7 Å². The third-order valence-corrected chi connectivity index (χ3v) is 4.05. The first-order valence-corrected chi connectivity index (χ1v) is 6.79. The van der Waals surface area contributed by atoms with Gasteiger partial charge >= 0.3 is 12.0 Å². The van der Waals surface area contributed by atoms with E-state index in [1.807, 2.05) is 0 Å². The maximum atomic E-state index is 12.1. The Kier molecular flexibility index (Phi) is 4.25. The quantitative estimate of drug-likeness (QED) is 0.784. The molecular formula is C13H19N3O3. The van der Waals surface area contributed by atoms with Gasteiger partial charge in [-0.2, -0.15) is 5.26 Å². The van der Waals surface area contributed by atoms with Crippen LogP contribution in [0.25, 0.3) is 0 Å². The number of carboxylic acid groups (broad SMARTS) is 1. The lowest BCUT2D eigenvalue weighted by Crippen LogP contribution is -2.50. The van der Waals surface area contributed by atoms with E-state index in [2.05, 4.69) is 11.4 Å². The zero-order valence-electron chi connectivity index (χ0n) is 10.8. The lowest BCUT2D eigenvalue weighted by molar-refractivity contribution is -0.143. The Morgan fingerprint density at radius 1 is 1.26 bits per heavy atom. The molecule has 2 fully saturated rings. The fraction of sp³-hybridized carbons (Fsp3) is 0.769. The molecule has 1 aliphatic carbocycles. The molecule has 2 N–H and O–H groups in total. The average molecular weight is 265 g/mol. The van der Waals surface area contributed by atoms with Gasteiger partial charge in [-0.05, 0) is 32.1 Å². The van der Waals surface area contributed by atoms with Gasteiger partial charge in [-0.15, -0.1) is 0 Å². The van der Waals surface area contributed by atoms with E-state index in [0.717, 1.165) is 25.7 Å². The Bertz CT molecular complexity index is 404. The fourth-order valence-corrected chi connectivity index (χ4v) is 2.90. The van der Waals surface area contributed by atoms with Crippen LogP contribution >= 0.6 is 0 Å². The molecule has 2 amide bonds. The molecule has 0 spiro atoms. The monoisotopic (exact) mass is 265 g/mol. The molecule has 3 atom stereocenters. The molecule has 0 radical (unpaired) electrons. The van der Waals surface area contributed by atoms with E-state index in [9.17, 15) is 9.59 Å². The zero-order valence-corrected chi connectivity index (χ0v) is 10.8. The van der Waals surface area contributed by atoms with Crippen LogP contribution in [0.1, 0.15) is 32.1 Å². The van der Waals surface area contributed by atoms with E-state index >= 15 is 0 Å². The number of carbonyl (C=O) groups excluding carboxylic acids is 1. The summed E-state index contributed by atoms with van der Waals surface area (Å²) in [6.07, 6.45) is 3.97. The smallest absolute Gasteiger partial charge is 0.317 e. The summed E-state index contributed by atoms with van der Waals surface area (Å²) in [6.45, 7) is 0.866. The van der Waals surface area contributed by atoms with Gasteiger partial charge in [-0.25, -0.2) is 4.79 Å². The molecule has 6 nitrogen and oxygen atoms in total. The molecule has 1 heterocycles. The van der Waals surface area contributed by atoms with Gasteiger partial charge in [0, 0.05) is 19.1 Å². The van der Waals surface area contributed by atoms with Crippen LogP contribution in [0.2, 0.25) is 0 Å². The number of piperidine rings is 1. The summed E-state index contributed by atoms with van der Waals surface area (Å²) in [7, 11) is 0. The number of rotatable bonds is 2. The zero-order chi connectivity index (χ0) is 13.8. The van der Waals surface area contributed by atoms with Gasteiger partial charge in [-0.1, -0.05) is 0 Å². The van der Waals surface area contributed by atoms with Crippen molar-refractivity contribution in [3.8, 4) is 6.07 Å². The van der Waals surface area contributed by atoms with Gasteiger partial charge in [0.2, 0.25) is 0 Å². The Morgan fingerprint density at radius 3 is 2.74 bits per heavy atom. The fourth-order valence-electron chi connectivity index (χ4n) is 2.90. The standard InChI is InChI=1S/C13H19N3O3/c14-7-9-3-1-5-11(9)15-13(19)16-6-2-4-10(8-16)12(17)18/h9-11H,1-6,8H2,(H,15,19)(H,17,18). The van der Waals surface area contributed by atoms with Gasteiger partial charge in [0.15, 0.2) is 0 Å². The minimum absolute atomic E-state index is 0.0808. The van der Waals surface area contributed by atoms with Crippen molar-refractivity contribution in [1.82, 2.24) is 10.2 Å². The first-order chi connectivity index (χ1) is 9.11. The number of carboxylic acids is 1. The van der Waals surface area contributed by atoms with Crippen LogP contribution in [0.5, 0.6) is 0 Å². The minimum atomic E-state index is -0.840.